The predicted octanol–water partition coefficient (Wildman–Crippen LogP) is 1.71. The van der Waals surface area contributed by atoms with Crippen molar-refractivity contribution in [1.82, 2.24) is 0 Å². The molecule has 3 rings (SSSR count). The summed E-state index contributed by atoms with van der Waals surface area (Å²) in [5, 5.41) is 41.2. The Labute approximate surface area is 179 Å². The van der Waals surface area contributed by atoms with Crippen molar-refractivity contribution in [3.8, 4) is 11.5 Å². The lowest BCUT2D eigenvalue weighted by molar-refractivity contribution is -0.385. The molecular formula is C18H16N2O10S. The molecule has 2 aromatic rings. The smallest absolute Gasteiger partial charge is 0.358 e. The van der Waals surface area contributed by atoms with Crippen molar-refractivity contribution in [3.63, 3.8) is 0 Å². The van der Waals surface area contributed by atoms with Gasteiger partial charge in [-0.15, -0.1) is 0 Å². The van der Waals surface area contributed by atoms with Crippen molar-refractivity contribution in [3.05, 3.63) is 68.8 Å². The van der Waals surface area contributed by atoms with Crippen molar-refractivity contribution in [2.45, 2.75) is 24.6 Å². The molecule has 4 atom stereocenters. The number of benzene rings is 2. The Morgan fingerprint density at radius 1 is 0.968 bits per heavy atom. The van der Waals surface area contributed by atoms with Crippen LogP contribution in [0.25, 0.3) is 0 Å². The lowest BCUT2D eigenvalue weighted by atomic mass is 10.1. The first kappa shape index (κ1) is 22.3. The highest BCUT2D eigenvalue weighted by Gasteiger charge is 2.43. The van der Waals surface area contributed by atoms with Crippen molar-refractivity contribution < 1.29 is 39.0 Å². The van der Waals surface area contributed by atoms with Gasteiger partial charge in [0.1, 0.15) is 23.7 Å². The topological polar surface area (TPSA) is 164 Å². The zero-order valence-electron chi connectivity index (χ0n) is 15.6. The normalized spacial score (nSPS) is 22.9. The summed E-state index contributed by atoms with van der Waals surface area (Å²) in [5.74, 6) is 0.338. The molecular weight excluding hydrogens is 436 g/mol. The van der Waals surface area contributed by atoms with Crippen LogP contribution in [0.15, 0.2) is 48.5 Å². The van der Waals surface area contributed by atoms with Crippen molar-refractivity contribution >= 4 is 28.8 Å². The summed E-state index contributed by atoms with van der Waals surface area (Å²) in [6, 6.07) is 10.1. The van der Waals surface area contributed by atoms with Crippen LogP contribution in [0.2, 0.25) is 0 Å². The first-order valence-electron chi connectivity index (χ1n) is 8.76. The molecule has 0 amide bonds. The molecule has 0 radical (unpaired) electrons. The van der Waals surface area contributed by atoms with E-state index in [-0.39, 0.29) is 29.5 Å². The fraction of sp³-hybridized carbons (Fsp3) is 0.278. The largest absolute Gasteiger partial charge is 0.461 e. The molecule has 0 spiro atoms. The van der Waals surface area contributed by atoms with E-state index in [1.807, 2.05) is 0 Å². The Bertz CT molecular complexity index is 953. The van der Waals surface area contributed by atoms with E-state index in [1.54, 1.807) is 0 Å². The molecule has 1 aliphatic heterocycles. The van der Waals surface area contributed by atoms with Gasteiger partial charge in [-0.3, -0.25) is 20.2 Å². The Hall–Kier alpha value is -3.39. The summed E-state index contributed by atoms with van der Waals surface area (Å²) in [7, 11) is 0. The molecule has 2 aromatic carbocycles. The molecule has 31 heavy (non-hydrogen) atoms. The molecule has 0 aliphatic carbocycles. The van der Waals surface area contributed by atoms with E-state index in [0.29, 0.717) is 0 Å². The number of aliphatic hydroxyl groups excluding tert-OH is 2. The average molecular weight is 452 g/mol. The summed E-state index contributed by atoms with van der Waals surface area (Å²) in [6.07, 6.45) is -5.26. The maximum absolute atomic E-state index is 10.8. The van der Waals surface area contributed by atoms with Crippen LogP contribution < -0.4 is 9.47 Å². The summed E-state index contributed by atoms with van der Waals surface area (Å²) in [6.45, 7) is -0.255. The molecule has 0 saturated carbocycles. The number of nitrogens with zero attached hydrogens (tertiary/aromatic N) is 2. The van der Waals surface area contributed by atoms with Gasteiger partial charge in [0.05, 0.1) is 16.5 Å². The van der Waals surface area contributed by atoms with Crippen LogP contribution in [0.3, 0.4) is 0 Å². The first-order valence-corrected chi connectivity index (χ1v) is 9.17. The Balaban J connectivity index is 1.68. The fourth-order valence-corrected chi connectivity index (χ4v) is 2.85. The first-order chi connectivity index (χ1) is 14.7. The second-order valence-electron chi connectivity index (χ2n) is 6.31. The Kier molecular flexibility index (Phi) is 6.91. The highest BCUT2D eigenvalue weighted by Crippen LogP contribution is 2.25. The number of non-ortho nitro benzene ring substituents is 2. The van der Waals surface area contributed by atoms with Crippen LogP contribution in [-0.4, -0.2) is 56.5 Å². The SMILES string of the molecule is O=[N+]([O-])c1ccc(OC(=S)O[C@H]2[C@@H](Oc3ccc([N+](=O)[O-])cc3)OC[C@@H](O)[C@@H]2O)cc1. The molecule has 0 unspecified atom stereocenters. The second-order valence-corrected chi connectivity index (χ2v) is 6.65. The highest BCUT2D eigenvalue weighted by atomic mass is 32.1. The third-order valence-electron chi connectivity index (χ3n) is 4.21. The van der Waals surface area contributed by atoms with Gasteiger partial charge in [-0.05, 0) is 24.3 Å². The van der Waals surface area contributed by atoms with Gasteiger partial charge in [-0.2, -0.15) is 0 Å². The highest BCUT2D eigenvalue weighted by molar-refractivity contribution is 7.79. The number of nitro groups is 2. The van der Waals surface area contributed by atoms with Crippen LogP contribution in [0.4, 0.5) is 11.4 Å². The van der Waals surface area contributed by atoms with Gasteiger partial charge in [-0.25, -0.2) is 0 Å². The molecule has 164 valence electrons. The number of ether oxygens (including phenoxy) is 4. The van der Waals surface area contributed by atoms with Crippen molar-refractivity contribution in [2.75, 3.05) is 6.61 Å². The van der Waals surface area contributed by atoms with Crippen molar-refractivity contribution in [1.29, 1.82) is 0 Å². The van der Waals surface area contributed by atoms with E-state index in [4.69, 9.17) is 31.2 Å². The molecule has 1 fully saturated rings. The van der Waals surface area contributed by atoms with Gasteiger partial charge >= 0.3 is 5.24 Å². The van der Waals surface area contributed by atoms with Crippen LogP contribution in [0.5, 0.6) is 11.5 Å². The van der Waals surface area contributed by atoms with E-state index < -0.39 is 39.7 Å². The lowest BCUT2D eigenvalue weighted by Gasteiger charge is -2.37. The van der Waals surface area contributed by atoms with Gasteiger partial charge in [0.15, 0.2) is 6.10 Å². The standard InChI is InChI=1S/C18H16N2O10S/c21-14-9-27-17(28-12-5-1-10(2-6-12)19(23)24)16(15(14)22)30-18(31)29-13-7-3-11(4-8-13)20(25)26/h1-8,14-17,21-22H,9H2/t14-,15+,16-,17-/m1/s1. The lowest BCUT2D eigenvalue weighted by Crippen LogP contribution is -2.56. The van der Waals surface area contributed by atoms with Gasteiger partial charge in [0, 0.05) is 36.5 Å². The number of thiocarbonyl (C=S) groups is 1. The van der Waals surface area contributed by atoms with Crippen LogP contribution in [0, 0.1) is 20.2 Å². The fourth-order valence-electron chi connectivity index (χ4n) is 2.64. The molecule has 13 heteroatoms. The van der Waals surface area contributed by atoms with Gasteiger partial charge in [0.25, 0.3) is 11.4 Å². The minimum atomic E-state index is -1.45. The number of aliphatic hydroxyl groups is 2. The van der Waals surface area contributed by atoms with E-state index in [0.717, 1.165) is 0 Å². The molecule has 0 aromatic heterocycles. The maximum Gasteiger partial charge on any atom is 0.358 e. The number of nitro benzene ring substituents is 2. The zero-order valence-corrected chi connectivity index (χ0v) is 16.4. The molecule has 0 bridgehead atoms. The summed E-state index contributed by atoms with van der Waals surface area (Å²) < 4.78 is 21.6. The molecule has 12 nitrogen and oxygen atoms in total. The molecule has 2 N–H and O–H groups in total. The van der Waals surface area contributed by atoms with E-state index in [1.165, 1.54) is 48.5 Å². The van der Waals surface area contributed by atoms with Crippen LogP contribution >= 0.6 is 12.2 Å². The second kappa shape index (κ2) is 9.61. The number of hydrogen-bond acceptors (Lipinski definition) is 11. The predicted molar refractivity (Wildman–Crippen MR) is 107 cm³/mol. The van der Waals surface area contributed by atoms with Gasteiger partial charge in [-0.1, -0.05) is 0 Å². The van der Waals surface area contributed by atoms with Crippen LogP contribution in [-0.2, 0) is 9.47 Å². The van der Waals surface area contributed by atoms with Crippen LogP contribution in [0.1, 0.15) is 0 Å². The van der Waals surface area contributed by atoms with Gasteiger partial charge in [0.2, 0.25) is 6.29 Å². The third-order valence-corrected chi connectivity index (χ3v) is 4.39. The van der Waals surface area contributed by atoms with Crippen molar-refractivity contribution in [2.24, 2.45) is 0 Å². The quantitative estimate of drug-likeness (QED) is 0.372. The minimum Gasteiger partial charge on any atom is -0.461 e. The monoisotopic (exact) mass is 452 g/mol. The van der Waals surface area contributed by atoms with E-state index in [2.05, 4.69) is 0 Å². The molecule has 1 saturated heterocycles. The maximum atomic E-state index is 10.8. The molecule has 1 heterocycles. The summed E-state index contributed by atoms with van der Waals surface area (Å²) in [4.78, 5) is 20.3. The van der Waals surface area contributed by atoms with Gasteiger partial charge < -0.3 is 29.2 Å². The van der Waals surface area contributed by atoms with E-state index >= 15 is 0 Å². The summed E-state index contributed by atoms with van der Waals surface area (Å²) >= 11 is 5.00. The Morgan fingerprint density at radius 3 is 2.00 bits per heavy atom. The third kappa shape index (κ3) is 5.61. The van der Waals surface area contributed by atoms with E-state index in [9.17, 15) is 30.4 Å². The number of hydrogen-bond donors (Lipinski definition) is 2. The summed E-state index contributed by atoms with van der Waals surface area (Å²) in [5.41, 5.74) is -0.284. The minimum absolute atomic E-state index is 0.141. The average Bonchev–Trinajstić information content (AvgIpc) is 2.74. The molecule has 1 aliphatic rings. The Morgan fingerprint density at radius 2 is 1.48 bits per heavy atom. The number of rotatable bonds is 6. The zero-order chi connectivity index (χ0) is 22.5.